The number of hydrogen-bond acceptors (Lipinski definition) is 5. The van der Waals surface area contributed by atoms with Gasteiger partial charge in [-0.15, -0.1) is 11.6 Å². The van der Waals surface area contributed by atoms with E-state index in [0.29, 0.717) is 38.3 Å². The maximum Gasteiger partial charge on any atom is 0.276 e. The van der Waals surface area contributed by atoms with Crippen molar-refractivity contribution in [1.29, 1.82) is 0 Å². The minimum absolute atomic E-state index is 0.0290. The van der Waals surface area contributed by atoms with Crippen molar-refractivity contribution in [3.05, 3.63) is 78.5 Å². The van der Waals surface area contributed by atoms with Crippen LogP contribution in [0.5, 0.6) is 0 Å². The lowest BCUT2D eigenvalue weighted by Gasteiger charge is -2.17. The fraction of sp³-hybridized carbons (Fsp3) is 0.333. The van der Waals surface area contributed by atoms with E-state index in [1.165, 1.54) is 14.0 Å². The lowest BCUT2D eigenvalue weighted by atomic mass is 10.1. The third kappa shape index (κ3) is 6.22. The average Bonchev–Trinajstić information content (AvgIpc) is 3.41. The van der Waals surface area contributed by atoms with Crippen molar-refractivity contribution in [3.8, 4) is 22.3 Å². The molecule has 45 heavy (non-hydrogen) atoms. The maximum atomic E-state index is 14.3. The number of nitrogens with one attached hydrogen (secondary N) is 1. The molecule has 0 saturated heterocycles. The molecule has 0 atom stereocenters. The standard InChI is InChI=1S/C14H13Cl2F2N3O3S.C13H12ClF2N3O/c15-7-25(23,24)19-11-5-8(9(17)6-10(11)18)12-13(16)20-3-1-2-4-21(20)14(12)22;14-12-11(7-5-10(17)9(16)6-8(7)15)13(20)19-4-2-1-3-18(12)19/h5-6,19H,1-4,7H2;5-6H,1-4,17H2. The first-order valence-corrected chi connectivity index (χ1v) is 16.5. The second kappa shape index (κ2) is 12.8. The highest BCUT2D eigenvalue weighted by atomic mass is 35.5. The normalized spacial score (nSPS) is 14.4. The molecule has 0 radical (unpaired) electrons. The highest BCUT2D eigenvalue weighted by Crippen LogP contribution is 2.34. The van der Waals surface area contributed by atoms with E-state index in [4.69, 9.17) is 40.5 Å². The van der Waals surface area contributed by atoms with Gasteiger partial charge in [0.25, 0.3) is 11.1 Å². The summed E-state index contributed by atoms with van der Waals surface area (Å²) in [4.78, 5) is 24.9. The first-order chi connectivity index (χ1) is 21.3. The van der Waals surface area contributed by atoms with Crippen molar-refractivity contribution in [2.24, 2.45) is 0 Å². The molecule has 2 aliphatic rings. The van der Waals surface area contributed by atoms with Crippen LogP contribution in [0.3, 0.4) is 0 Å². The van der Waals surface area contributed by atoms with Gasteiger partial charge in [-0.25, -0.2) is 35.3 Å². The molecule has 0 saturated carbocycles. The van der Waals surface area contributed by atoms with E-state index in [0.717, 1.165) is 37.8 Å². The number of nitrogens with two attached hydrogens (primary N) is 1. The average molecular weight is 712 g/mol. The van der Waals surface area contributed by atoms with Gasteiger partial charge >= 0.3 is 0 Å². The lowest BCUT2D eigenvalue weighted by molar-refractivity contribution is 0.356. The summed E-state index contributed by atoms with van der Waals surface area (Å²) in [6.07, 6.45) is 3.38. The minimum Gasteiger partial charge on any atom is -0.396 e. The summed E-state index contributed by atoms with van der Waals surface area (Å²) in [7, 11) is -4.00. The van der Waals surface area contributed by atoms with Crippen LogP contribution < -0.4 is 21.6 Å². The summed E-state index contributed by atoms with van der Waals surface area (Å²) in [6, 6.07) is 3.18. The Bertz CT molecular complexity index is 2040. The number of anilines is 2. The molecule has 4 aromatic rings. The number of nitrogen functional groups attached to an aromatic ring is 1. The van der Waals surface area contributed by atoms with Gasteiger partial charge in [0.2, 0.25) is 10.0 Å². The molecule has 2 aromatic carbocycles. The molecule has 2 aromatic heterocycles. The first-order valence-electron chi connectivity index (χ1n) is 13.5. The Labute approximate surface area is 268 Å². The van der Waals surface area contributed by atoms with Crippen molar-refractivity contribution < 1.29 is 26.0 Å². The second-order valence-corrected chi connectivity index (χ2v) is 13.4. The fourth-order valence-electron chi connectivity index (χ4n) is 5.28. The highest BCUT2D eigenvalue weighted by Gasteiger charge is 2.27. The second-order valence-electron chi connectivity index (χ2n) is 10.3. The van der Waals surface area contributed by atoms with E-state index in [1.54, 1.807) is 4.68 Å². The smallest absolute Gasteiger partial charge is 0.276 e. The van der Waals surface area contributed by atoms with Crippen LogP contribution in [-0.2, 0) is 36.2 Å². The molecule has 0 spiro atoms. The lowest BCUT2D eigenvalue weighted by Crippen LogP contribution is -2.27. The Morgan fingerprint density at radius 2 is 1.11 bits per heavy atom. The third-order valence-electron chi connectivity index (χ3n) is 7.42. The zero-order valence-corrected chi connectivity index (χ0v) is 26.3. The molecule has 10 nitrogen and oxygen atoms in total. The molecular weight excluding hydrogens is 687 g/mol. The van der Waals surface area contributed by atoms with E-state index in [1.807, 2.05) is 4.72 Å². The summed E-state index contributed by atoms with van der Waals surface area (Å²) in [5, 5.41) is -0.607. The molecule has 0 fully saturated rings. The van der Waals surface area contributed by atoms with Crippen LogP contribution >= 0.6 is 34.8 Å². The number of hydrogen-bond donors (Lipinski definition) is 2. The number of aromatic nitrogens is 4. The summed E-state index contributed by atoms with van der Waals surface area (Å²) in [5.74, 6) is -3.85. The SMILES string of the molecule is Nc1cc(-c2c(Cl)n3n(c2=O)CCCC3)c(F)cc1F.O=c1c(-c2cc(NS(=O)(=O)CCl)c(F)cc2F)c(Cl)n2n1CCCC2. The summed E-state index contributed by atoms with van der Waals surface area (Å²) in [6.45, 7) is 2.08. The number of alkyl halides is 1. The number of halogens is 7. The molecule has 0 aliphatic carbocycles. The van der Waals surface area contributed by atoms with E-state index in [2.05, 4.69) is 0 Å². The predicted octanol–water partition coefficient (Wildman–Crippen LogP) is 5.60. The molecule has 18 heteroatoms. The predicted molar refractivity (Wildman–Crippen MR) is 164 cm³/mol. The van der Waals surface area contributed by atoms with Crippen molar-refractivity contribution in [2.75, 3.05) is 15.7 Å². The van der Waals surface area contributed by atoms with Gasteiger partial charge in [0.05, 0.1) is 22.5 Å². The van der Waals surface area contributed by atoms with Crippen LogP contribution in [-0.4, -0.2) is 32.4 Å². The molecule has 0 amide bonds. The number of rotatable bonds is 5. The van der Waals surface area contributed by atoms with Crippen molar-refractivity contribution in [1.82, 2.24) is 18.7 Å². The molecule has 0 unspecified atom stereocenters. The van der Waals surface area contributed by atoms with E-state index < -0.39 is 49.8 Å². The number of sulfonamides is 1. The van der Waals surface area contributed by atoms with E-state index in [9.17, 15) is 35.6 Å². The van der Waals surface area contributed by atoms with Crippen molar-refractivity contribution in [3.63, 3.8) is 0 Å². The molecule has 3 N–H and O–H groups in total. The molecule has 6 rings (SSSR count). The largest absolute Gasteiger partial charge is 0.396 e. The Balaban J connectivity index is 0.000000182. The van der Waals surface area contributed by atoms with Crippen LogP contribution in [0.2, 0.25) is 10.3 Å². The van der Waals surface area contributed by atoms with Gasteiger partial charge in [0.1, 0.15) is 38.8 Å². The minimum atomic E-state index is -4.00. The van der Waals surface area contributed by atoms with Crippen molar-refractivity contribution in [2.45, 2.75) is 51.9 Å². The summed E-state index contributed by atoms with van der Waals surface area (Å²) < 4.78 is 86.4. The van der Waals surface area contributed by atoms with E-state index in [-0.39, 0.29) is 43.8 Å². The van der Waals surface area contributed by atoms with Gasteiger partial charge in [0.15, 0.2) is 0 Å². The number of fused-ring (bicyclic) bond motifs is 2. The van der Waals surface area contributed by atoms with Gasteiger partial charge in [-0.3, -0.25) is 23.7 Å². The first kappa shape index (κ1) is 33.0. The Morgan fingerprint density at radius 1 is 0.689 bits per heavy atom. The monoisotopic (exact) mass is 710 g/mol. The van der Waals surface area contributed by atoms with Gasteiger partial charge < -0.3 is 5.73 Å². The van der Waals surface area contributed by atoms with Gasteiger partial charge in [-0.2, -0.15) is 0 Å². The van der Waals surface area contributed by atoms with E-state index >= 15 is 0 Å². The van der Waals surface area contributed by atoms with Crippen LogP contribution in [0.1, 0.15) is 25.7 Å². The Hall–Kier alpha value is -3.40. The Kier molecular flexibility index (Phi) is 9.36. The summed E-state index contributed by atoms with van der Waals surface area (Å²) >= 11 is 17.7. The Morgan fingerprint density at radius 3 is 1.56 bits per heavy atom. The zero-order valence-electron chi connectivity index (χ0n) is 23.2. The van der Waals surface area contributed by atoms with Crippen LogP contribution in [0.25, 0.3) is 22.3 Å². The summed E-state index contributed by atoms with van der Waals surface area (Å²) in [5.41, 5.74) is 3.40. The highest BCUT2D eigenvalue weighted by molar-refractivity contribution is 7.93. The number of benzene rings is 2. The molecule has 0 bridgehead atoms. The molecular formula is C27H25Cl3F4N6O4S. The maximum absolute atomic E-state index is 14.3. The molecule has 4 heterocycles. The van der Waals surface area contributed by atoms with Crippen molar-refractivity contribution >= 4 is 56.2 Å². The van der Waals surface area contributed by atoms with Crippen LogP contribution in [0, 0.1) is 23.3 Å². The fourth-order valence-corrected chi connectivity index (χ4v) is 6.70. The van der Waals surface area contributed by atoms with Gasteiger partial charge in [-0.05, 0) is 37.8 Å². The van der Waals surface area contributed by atoms with Crippen LogP contribution in [0.15, 0.2) is 33.9 Å². The quantitative estimate of drug-likeness (QED) is 0.158. The van der Waals surface area contributed by atoms with Gasteiger partial charge in [0, 0.05) is 49.4 Å². The number of nitrogens with zero attached hydrogens (tertiary/aromatic N) is 4. The zero-order chi connectivity index (χ0) is 32.8. The van der Waals surface area contributed by atoms with Crippen LogP contribution in [0.4, 0.5) is 28.9 Å². The topological polar surface area (TPSA) is 126 Å². The third-order valence-corrected chi connectivity index (χ3v) is 9.86. The van der Waals surface area contributed by atoms with Gasteiger partial charge in [-0.1, -0.05) is 23.2 Å². The molecule has 2 aliphatic heterocycles. The molecule has 242 valence electrons.